The number of pyridine rings is 1. The van der Waals surface area contributed by atoms with E-state index in [-0.39, 0.29) is 11.5 Å². The van der Waals surface area contributed by atoms with E-state index in [0.29, 0.717) is 53.8 Å². The van der Waals surface area contributed by atoms with Crippen LogP contribution in [0.3, 0.4) is 0 Å². The minimum Gasteiger partial charge on any atom is -0.490 e. The molecule has 1 aromatic heterocycles. The Kier molecular flexibility index (Phi) is 7.18. The molecule has 0 aliphatic rings. The van der Waals surface area contributed by atoms with E-state index in [4.69, 9.17) is 14.2 Å². The summed E-state index contributed by atoms with van der Waals surface area (Å²) < 4.78 is 17.1. The molecular weight excluding hydrogens is 396 g/mol. The van der Waals surface area contributed by atoms with Crippen LogP contribution in [-0.2, 0) is 6.42 Å². The molecule has 0 radical (unpaired) electrons. The molecule has 3 aromatic rings. The number of hydrogen-bond acceptors (Lipinski definition) is 5. The maximum absolute atomic E-state index is 13.0. The third-order valence-corrected chi connectivity index (χ3v) is 4.74. The summed E-state index contributed by atoms with van der Waals surface area (Å²) in [7, 11) is 0. The Morgan fingerprint density at radius 2 is 1.55 bits per heavy atom. The highest BCUT2D eigenvalue weighted by Crippen LogP contribution is 2.39. The number of aromatic nitrogens is 1. The van der Waals surface area contributed by atoms with Crippen molar-refractivity contribution >= 4 is 22.5 Å². The lowest BCUT2D eigenvalue weighted by atomic mass is 10.1. The fraction of sp³-hybridized carbons (Fsp3) is 0.333. The van der Waals surface area contributed by atoms with Crippen LogP contribution in [0.1, 0.15) is 43.6 Å². The fourth-order valence-corrected chi connectivity index (χ4v) is 3.43. The average Bonchev–Trinajstić information content (AvgIpc) is 2.75. The maximum atomic E-state index is 13.0. The predicted octanol–water partition coefficient (Wildman–Crippen LogP) is 4.54. The van der Waals surface area contributed by atoms with E-state index in [0.717, 1.165) is 17.4 Å². The molecule has 2 aromatic carbocycles. The van der Waals surface area contributed by atoms with Gasteiger partial charge in [-0.2, -0.15) is 0 Å². The van der Waals surface area contributed by atoms with E-state index in [9.17, 15) is 9.59 Å². The third kappa shape index (κ3) is 4.99. The molecule has 0 unspecified atom stereocenters. The summed E-state index contributed by atoms with van der Waals surface area (Å²) in [6.45, 7) is 8.90. The van der Waals surface area contributed by atoms with E-state index in [1.54, 1.807) is 24.3 Å². The number of hydrogen-bond donors (Lipinski definition) is 2. The molecule has 0 atom stereocenters. The Labute approximate surface area is 181 Å². The number of ether oxygens (including phenoxy) is 3. The second-order valence-electron chi connectivity index (χ2n) is 6.83. The summed E-state index contributed by atoms with van der Waals surface area (Å²) in [6, 6.07) is 10.4. The van der Waals surface area contributed by atoms with Crippen molar-refractivity contribution in [3.05, 3.63) is 57.9 Å². The summed E-state index contributed by atoms with van der Waals surface area (Å²) in [5.41, 5.74) is 2.43. The molecule has 0 fully saturated rings. The summed E-state index contributed by atoms with van der Waals surface area (Å²) in [5.74, 6) is 1.07. The number of anilines is 1. The van der Waals surface area contributed by atoms with Gasteiger partial charge in [0.25, 0.3) is 5.91 Å². The number of amides is 1. The van der Waals surface area contributed by atoms with Crippen molar-refractivity contribution in [2.24, 2.45) is 0 Å². The molecule has 3 rings (SSSR count). The number of nitrogens with one attached hydrogen (secondary N) is 2. The first-order valence-corrected chi connectivity index (χ1v) is 10.5. The van der Waals surface area contributed by atoms with Crippen LogP contribution in [0.2, 0.25) is 0 Å². The van der Waals surface area contributed by atoms with E-state index >= 15 is 0 Å². The molecular formula is C24H28N2O5. The quantitative estimate of drug-likeness (QED) is 0.526. The standard InChI is InChI=1S/C24H28N2O5/c1-5-15-13-22(27)26-19-14-17(9-10-18(15)19)25-24(28)16-11-20(29-6-2)23(31-8-4)21(12-16)30-7-3/h9-14H,5-8H2,1-4H3,(H,25,28)(H,26,27). The van der Waals surface area contributed by atoms with Crippen molar-refractivity contribution in [2.45, 2.75) is 34.1 Å². The van der Waals surface area contributed by atoms with Gasteiger partial charge in [-0.05, 0) is 57.0 Å². The Morgan fingerprint density at radius 3 is 2.13 bits per heavy atom. The molecule has 7 heteroatoms. The first-order valence-electron chi connectivity index (χ1n) is 10.5. The monoisotopic (exact) mass is 424 g/mol. The van der Waals surface area contributed by atoms with Gasteiger partial charge in [0.2, 0.25) is 11.3 Å². The lowest BCUT2D eigenvalue weighted by molar-refractivity contribution is 0.102. The van der Waals surface area contributed by atoms with Gasteiger partial charge < -0.3 is 24.5 Å². The number of carbonyl (C=O) groups is 1. The topological polar surface area (TPSA) is 89.7 Å². The minimum absolute atomic E-state index is 0.165. The lowest BCUT2D eigenvalue weighted by Crippen LogP contribution is -2.14. The molecule has 0 aliphatic heterocycles. The van der Waals surface area contributed by atoms with E-state index in [1.165, 1.54) is 0 Å². The number of carbonyl (C=O) groups excluding carboxylic acids is 1. The Bertz CT molecular complexity index is 1110. The van der Waals surface area contributed by atoms with Gasteiger partial charge >= 0.3 is 0 Å². The minimum atomic E-state index is -0.321. The van der Waals surface area contributed by atoms with Crippen LogP contribution in [0.15, 0.2) is 41.2 Å². The molecule has 1 heterocycles. The number of aryl methyl sites for hydroxylation is 1. The van der Waals surface area contributed by atoms with Gasteiger partial charge in [-0.3, -0.25) is 9.59 Å². The van der Waals surface area contributed by atoms with Gasteiger partial charge in [0.15, 0.2) is 11.5 Å². The molecule has 0 saturated carbocycles. The summed E-state index contributed by atoms with van der Waals surface area (Å²) in [5, 5.41) is 3.84. The number of H-pyrrole nitrogens is 1. The normalized spacial score (nSPS) is 10.7. The van der Waals surface area contributed by atoms with Crippen LogP contribution in [-0.4, -0.2) is 30.7 Å². The average molecular weight is 424 g/mol. The van der Waals surface area contributed by atoms with Crippen molar-refractivity contribution in [2.75, 3.05) is 25.1 Å². The Hall–Kier alpha value is -3.48. The van der Waals surface area contributed by atoms with Crippen molar-refractivity contribution in [1.82, 2.24) is 4.98 Å². The highest BCUT2D eigenvalue weighted by molar-refractivity contribution is 6.06. The molecule has 1 amide bonds. The predicted molar refractivity (Wildman–Crippen MR) is 122 cm³/mol. The second kappa shape index (κ2) is 10.0. The van der Waals surface area contributed by atoms with Crippen molar-refractivity contribution in [3.8, 4) is 17.2 Å². The molecule has 0 aliphatic carbocycles. The zero-order chi connectivity index (χ0) is 22.4. The van der Waals surface area contributed by atoms with Gasteiger partial charge in [0.1, 0.15) is 0 Å². The van der Waals surface area contributed by atoms with Gasteiger partial charge in [0.05, 0.1) is 25.3 Å². The van der Waals surface area contributed by atoms with Crippen molar-refractivity contribution in [3.63, 3.8) is 0 Å². The van der Waals surface area contributed by atoms with E-state index in [1.807, 2.05) is 39.8 Å². The van der Waals surface area contributed by atoms with Crippen LogP contribution in [0, 0.1) is 0 Å². The third-order valence-electron chi connectivity index (χ3n) is 4.74. The molecule has 164 valence electrons. The highest BCUT2D eigenvalue weighted by Gasteiger charge is 2.18. The molecule has 2 N–H and O–H groups in total. The van der Waals surface area contributed by atoms with Gasteiger partial charge in [0, 0.05) is 22.7 Å². The maximum Gasteiger partial charge on any atom is 0.255 e. The first-order chi connectivity index (χ1) is 15.0. The molecule has 31 heavy (non-hydrogen) atoms. The van der Waals surface area contributed by atoms with Crippen molar-refractivity contribution in [1.29, 1.82) is 0 Å². The SMILES string of the molecule is CCOc1cc(C(=O)Nc2ccc3c(CC)cc(=O)[nH]c3c2)cc(OCC)c1OCC. The summed E-state index contributed by atoms with van der Waals surface area (Å²) >= 11 is 0. The zero-order valence-corrected chi connectivity index (χ0v) is 18.3. The summed E-state index contributed by atoms with van der Waals surface area (Å²) in [6.07, 6.45) is 0.749. The van der Waals surface area contributed by atoms with Crippen LogP contribution in [0.5, 0.6) is 17.2 Å². The van der Waals surface area contributed by atoms with Gasteiger partial charge in [-0.25, -0.2) is 0 Å². The number of benzene rings is 2. The van der Waals surface area contributed by atoms with E-state index in [2.05, 4.69) is 10.3 Å². The molecule has 7 nitrogen and oxygen atoms in total. The van der Waals surface area contributed by atoms with E-state index < -0.39 is 0 Å². The zero-order valence-electron chi connectivity index (χ0n) is 18.3. The van der Waals surface area contributed by atoms with Crippen molar-refractivity contribution < 1.29 is 19.0 Å². The van der Waals surface area contributed by atoms with Gasteiger partial charge in [-0.15, -0.1) is 0 Å². The van der Waals surface area contributed by atoms with Crippen LogP contribution in [0.25, 0.3) is 10.9 Å². The van der Waals surface area contributed by atoms with Crippen LogP contribution < -0.4 is 25.1 Å². The Balaban J connectivity index is 1.96. The number of fused-ring (bicyclic) bond motifs is 1. The lowest BCUT2D eigenvalue weighted by Gasteiger charge is -2.17. The summed E-state index contributed by atoms with van der Waals surface area (Å²) in [4.78, 5) is 27.7. The Morgan fingerprint density at radius 1 is 0.903 bits per heavy atom. The molecule has 0 bridgehead atoms. The number of aromatic amines is 1. The van der Waals surface area contributed by atoms with Crippen LogP contribution >= 0.6 is 0 Å². The first kappa shape index (κ1) is 22.2. The number of rotatable bonds is 9. The molecule has 0 saturated heterocycles. The smallest absolute Gasteiger partial charge is 0.255 e. The van der Waals surface area contributed by atoms with Crippen LogP contribution in [0.4, 0.5) is 5.69 Å². The highest BCUT2D eigenvalue weighted by atomic mass is 16.5. The largest absolute Gasteiger partial charge is 0.490 e. The molecule has 0 spiro atoms. The van der Waals surface area contributed by atoms with Gasteiger partial charge in [-0.1, -0.05) is 13.0 Å². The second-order valence-corrected chi connectivity index (χ2v) is 6.83. The fourth-order valence-electron chi connectivity index (χ4n) is 3.43.